The zero-order valence-corrected chi connectivity index (χ0v) is 8.62. The summed E-state index contributed by atoms with van der Waals surface area (Å²) in [5, 5.41) is 0. The fourth-order valence-corrected chi connectivity index (χ4v) is 0.975. The van der Waals surface area contributed by atoms with Gasteiger partial charge in [-0.1, -0.05) is 12.5 Å². The zero-order chi connectivity index (χ0) is 6.69. The van der Waals surface area contributed by atoms with E-state index < -0.39 is 0 Å². The van der Waals surface area contributed by atoms with Crippen molar-refractivity contribution in [3.05, 3.63) is 24.8 Å². The Morgan fingerprint density at radius 1 is 1.80 bits per heavy atom. The quantitative estimate of drug-likeness (QED) is 0.631. The Labute approximate surface area is 86.5 Å². The van der Waals surface area contributed by atoms with Crippen molar-refractivity contribution < 1.29 is 37.5 Å². The largest absolute Gasteiger partial charge is 0.518 e. The first-order valence-electron chi connectivity index (χ1n) is 3.07. The van der Waals surface area contributed by atoms with Gasteiger partial charge in [0.25, 0.3) is 0 Å². The van der Waals surface area contributed by atoms with Crippen molar-refractivity contribution in [3.63, 3.8) is 0 Å². The Kier molecular flexibility index (Phi) is 5.10. The number of carbonyl (C=O) groups excluding carboxylic acids is 1. The van der Waals surface area contributed by atoms with Gasteiger partial charge in [0.1, 0.15) is 0 Å². The molecule has 0 aromatic carbocycles. The van der Waals surface area contributed by atoms with Crippen LogP contribution in [0.1, 0.15) is 12.8 Å². The molecule has 0 saturated carbocycles. The summed E-state index contributed by atoms with van der Waals surface area (Å²) in [7, 11) is 0. The fraction of sp³-hybridized carbons (Fsp3) is 0.375. The third kappa shape index (κ3) is 2.89. The normalized spacial score (nSPS) is 22.4. The van der Waals surface area contributed by atoms with Gasteiger partial charge in [-0.3, -0.25) is 10.9 Å². The molecule has 0 aliphatic heterocycles. The van der Waals surface area contributed by atoms with Crippen molar-refractivity contribution in [1.82, 2.24) is 0 Å². The maximum atomic E-state index is 10.6. The van der Waals surface area contributed by atoms with E-state index in [1.807, 2.05) is 6.08 Å². The van der Waals surface area contributed by atoms with E-state index >= 15 is 0 Å². The van der Waals surface area contributed by atoms with Crippen LogP contribution in [0.2, 0.25) is 0 Å². The smallest absolute Gasteiger partial charge is 0.155 e. The third-order valence-corrected chi connectivity index (χ3v) is 1.46. The molecule has 0 N–H and O–H groups in total. The average Bonchev–Trinajstić information content (AvgIpc) is 2.17. The van der Waals surface area contributed by atoms with Gasteiger partial charge < -0.3 is 6.58 Å². The second-order valence-electron chi connectivity index (χ2n) is 2.26. The number of ketones is 1. The topological polar surface area (TPSA) is 17.1 Å². The van der Waals surface area contributed by atoms with Crippen molar-refractivity contribution in [1.29, 1.82) is 0 Å². The number of hydrogen-bond donors (Lipinski definition) is 0. The summed E-state index contributed by atoms with van der Waals surface area (Å²) >= 11 is 0. The van der Waals surface area contributed by atoms with Crippen molar-refractivity contribution in [2.75, 3.05) is 0 Å². The van der Waals surface area contributed by atoms with Gasteiger partial charge >= 0.3 is 0 Å². The molecule has 0 aromatic heterocycles. The Balaban J connectivity index is 0.000000810. The molecule has 1 rings (SSSR count). The summed E-state index contributed by atoms with van der Waals surface area (Å²) in [6.45, 7) is 5.18. The number of hydrogen-bond acceptors (Lipinski definition) is 1. The zero-order valence-electron chi connectivity index (χ0n) is 5.79. The molecular weight excluding hydrogens is 201 g/mol. The van der Waals surface area contributed by atoms with E-state index in [1.54, 1.807) is 12.2 Å². The second kappa shape index (κ2) is 4.98. The number of allylic oxidation sites excluding steroid dienone is 3. The third-order valence-electron chi connectivity index (χ3n) is 1.46. The average molecular weight is 210 g/mol. The van der Waals surface area contributed by atoms with E-state index in [2.05, 4.69) is 0 Å². The molecule has 1 unspecified atom stereocenters. The molecule has 10 heavy (non-hydrogen) atoms. The van der Waals surface area contributed by atoms with E-state index in [-0.39, 0.29) is 38.5 Å². The summed E-state index contributed by atoms with van der Waals surface area (Å²) in [5.74, 6) is 0.601. The van der Waals surface area contributed by atoms with Crippen molar-refractivity contribution >= 4 is 5.78 Å². The Morgan fingerprint density at radius 2 is 2.50 bits per heavy atom. The molecule has 0 heterocycles. The predicted octanol–water partition coefficient (Wildman–Crippen LogP) is 1.51. The summed E-state index contributed by atoms with van der Waals surface area (Å²) in [5.41, 5.74) is 0. The molecule has 2 heteroatoms. The van der Waals surface area contributed by atoms with Crippen LogP contribution in [0.25, 0.3) is 0 Å². The van der Waals surface area contributed by atoms with Gasteiger partial charge in [-0.05, 0) is 12.0 Å². The van der Waals surface area contributed by atoms with Crippen LogP contribution in [0, 0.1) is 12.5 Å². The van der Waals surface area contributed by atoms with E-state index in [9.17, 15) is 4.79 Å². The molecule has 0 bridgehead atoms. The molecule has 0 aromatic rings. The van der Waals surface area contributed by atoms with Crippen LogP contribution < -0.4 is 0 Å². The first-order chi connectivity index (χ1) is 4.33. The summed E-state index contributed by atoms with van der Waals surface area (Å²) < 4.78 is 0. The molecule has 1 radical (unpaired) electrons. The van der Waals surface area contributed by atoms with Gasteiger partial charge in [-0.2, -0.15) is 0 Å². The summed E-state index contributed by atoms with van der Waals surface area (Å²) in [6.07, 6.45) is 6.63. The molecule has 1 aliphatic carbocycles. The van der Waals surface area contributed by atoms with E-state index in [0.717, 1.165) is 6.42 Å². The van der Waals surface area contributed by atoms with Crippen LogP contribution in [0.5, 0.6) is 0 Å². The fourth-order valence-electron chi connectivity index (χ4n) is 0.975. The molecule has 51 valence electrons. The predicted molar refractivity (Wildman–Crippen MR) is 35.7 cm³/mol. The first kappa shape index (κ1) is 10.3. The van der Waals surface area contributed by atoms with E-state index in [4.69, 9.17) is 6.58 Å². The molecular formula is C8H9OY-. The van der Waals surface area contributed by atoms with Crippen LogP contribution in [-0.2, 0) is 37.5 Å². The monoisotopic (exact) mass is 210 g/mol. The maximum absolute atomic E-state index is 10.6. The summed E-state index contributed by atoms with van der Waals surface area (Å²) in [6, 6.07) is 0. The Bertz CT molecular complexity index is 161. The molecule has 0 amide bonds. The van der Waals surface area contributed by atoms with Crippen molar-refractivity contribution in [2.24, 2.45) is 5.92 Å². The van der Waals surface area contributed by atoms with Gasteiger partial charge in [0.15, 0.2) is 5.78 Å². The van der Waals surface area contributed by atoms with Crippen LogP contribution >= 0.6 is 0 Å². The van der Waals surface area contributed by atoms with Crippen LogP contribution in [0.15, 0.2) is 18.2 Å². The summed E-state index contributed by atoms with van der Waals surface area (Å²) in [4.78, 5) is 10.6. The molecule has 1 aliphatic rings. The van der Waals surface area contributed by atoms with Gasteiger partial charge in [-0.25, -0.2) is 0 Å². The SMILES string of the molecule is [CH-]=CCC1C=CC(=O)C1.[Y]. The number of rotatable bonds is 2. The van der Waals surface area contributed by atoms with Gasteiger partial charge in [0, 0.05) is 39.1 Å². The first-order valence-corrected chi connectivity index (χ1v) is 3.07. The number of carbonyl (C=O) groups is 1. The minimum Gasteiger partial charge on any atom is -0.518 e. The van der Waals surface area contributed by atoms with Gasteiger partial charge in [-0.15, -0.1) is 0 Å². The van der Waals surface area contributed by atoms with E-state index in [0.29, 0.717) is 12.3 Å². The Hall–Kier alpha value is 0.254. The Morgan fingerprint density at radius 3 is 2.90 bits per heavy atom. The molecule has 1 nitrogen and oxygen atoms in total. The molecule has 1 atom stereocenters. The van der Waals surface area contributed by atoms with Crippen LogP contribution in [-0.4, -0.2) is 5.78 Å². The standard InChI is InChI=1S/C8H9O.Y/c1-2-3-7-4-5-8(9)6-7;/h1-2,4-5,7H,3,6H2;/q-1;. The molecule has 0 spiro atoms. The molecule has 0 fully saturated rings. The minimum atomic E-state index is 0. The van der Waals surface area contributed by atoms with Crippen molar-refractivity contribution in [3.8, 4) is 0 Å². The van der Waals surface area contributed by atoms with E-state index in [1.165, 1.54) is 0 Å². The van der Waals surface area contributed by atoms with Gasteiger partial charge in [0.05, 0.1) is 0 Å². The molecule has 0 saturated heterocycles. The minimum absolute atomic E-state index is 0. The second-order valence-corrected chi connectivity index (χ2v) is 2.26. The maximum Gasteiger partial charge on any atom is 0.155 e. The van der Waals surface area contributed by atoms with Crippen LogP contribution in [0.4, 0.5) is 0 Å². The van der Waals surface area contributed by atoms with Crippen LogP contribution in [0.3, 0.4) is 0 Å². The van der Waals surface area contributed by atoms with Crippen molar-refractivity contribution in [2.45, 2.75) is 12.8 Å². The van der Waals surface area contributed by atoms with Gasteiger partial charge in [0.2, 0.25) is 0 Å².